The number of anilines is 2. The zero-order valence-electron chi connectivity index (χ0n) is 23.2. The summed E-state index contributed by atoms with van der Waals surface area (Å²) < 4.78 is 69.2. The molecule has 0 bridgehead atoms. The standard InChI is InChI=1S/C29H34F3N5O3S/c1-18(2)41(39,40)37-15-12-21(13-16-37)28(38)36(3)27(29(30,31)32)20-8-10-22(11-9-20)35-24-17-34-23-5-4-14-33-26(23)25(24)19-6-7-19/h4-5,8-11,14,17-19,21,27,35H,6-7,12-13,15-16H2,1-3H3/t27-/m0/s1. The van der Waals surface area contributed by atoms with E-state index in [2.05, 4.69) is 15.3 Å². The Bertz CT molecular complexity index is 1520. The van der Waals surface area contributed by atoms with Crippen LogP contribution in [0.1, 0.15) is 62.6 Å². The van der Waals surface area contributed by atoms with Crippen molar-refractivity contribution in [2.75, 3.05) is 25.5 Å². The number of carbonyl (C=O) groups excluding carboxylic acids is 1. The zero-order chi connectivity index (χ0) is 29.5. The van der Waals surface area contributed by atoms with E-state index in [4.69, 9.17) is 0 Å². The molecular formula is C29H34F3N5O3S. The van der Waals surface area contributed by atoms with E-state index in [1.807, 2.05) is 12.1 Å². The fourth-order valence-corrected chi connectivity index (χ4v) is 6.85. The van der Waals surface area contributed by atoms with Crippen LogP contribution in [0.5, 0.6) is 0 Å². The van der Waals surface area contributed by atoms with Gasteiger partial charge in [0, 0.05) is 43.5 Å². The summed E-state index contributed by atoms with van der Waals surface area (Å²) in [5.74, 6) is -0.956. The number of piperidine rings is 1. The van der Waals surface area contributed by atoms with Crippen LogP contribution >= 0.6 is 0 Å². The lowest BCUT2D eigenvalue weighted by Crippen LogP contribution is -2.47. The summed E-state index contributed by atoms with van der Waals surface area (Å²) in [6.07, 6.45) is 1.21. The summed E-state index contributed by atoms with van der Waals surface area (Å²) in [4.78, 5) is 23.0. The van der Waals surface area contributed by atoms with Gasteiger partial charge in [0.15, 0.2) is 6.04 Å². The molecule has 1 atom stereocenters. The molecule has 2 aliphatic rings. The number of rotatable bonds is 8. The van der Waals surface area contributed by atoms with Crippen molar-refractivity contribution in [3.8, 4) is 0 Å². The van der Waals surface area contributed by atoms with Crippen molar-refractivity contribution in [1.29, 1.82) is 0 Å². The highest BCUT2D eigenvalue weighted by atomic mass is 32.2. The van der Waals surface area contributed by atoms with E-state index in [9.17, 15) is 26.4 Å². The maximum atomic E-state index is 14.3. The van der Waals surface area contributed by atoms with E-state index in [0.717, 1.165) is 40.0 Å². The van der Waals surface area contributed by atoms with Gasteiger partial charge < -0.3 is 10.2 Å². The van der Waals surface area contributed by atoms with E-state index in [0.29, 0.717) is 11.6 Å². The highest BCUT2D eigenvalue weighted by molar-refractivity contribution is 7.89. The van der Waals surface area contributed by atoms with Crippen molar-refractivity contribution in [3.63, 3.8) is 0 Å². The van der Waals surface area contributed by atoms with Gasteiger partial charge in [0.2, 0.25) is 15.9 Å². The number of alkyl halides is 3. The van der Waals surface area contributed by atoms with Crippen molar-refractivity contribution >= 4 is 38.3 Å². The minimum Gasteiger partial charge on any atom is -0.354 e. The third kappa shape index (κ3) is 6.04. The highest BCUT2D eigenvalue weighted by Gasteiger charge is 2.46. The molecule has 41 heavy (non-hydrogen) atoms. The second-order valence-corrected chi connectivity index (χ2v) is 13.6. The van der Waals surface area contributed by atoms with E-state index >= 15 is 0 Å². The molecule has 8 nitrogen and oxygen atoms in total. The summed E-state index contributed by atoms with van der Waals surface area (Å²) in [5, 5.41) is 2.70. The summed E-state index contributed by atoms with van der Waals surface area (Å²) in [6, 6.07) is 7.50. The van der Waals surface area contributed by atoms with Crippen LogP contribution in [0.15, 0.2) is 48.8 Å². The zero-order valence-corrected chi connectivity index (χ0v) is 24.0. The first-order chi connectivity index (χ1) is 19.4. The van der Waals surface area contributed by atoms with Crippen LogP contribution in [0, 0.1) is 5.92 Å². The number of amides is 1. The first kappa shape index (κ1) is 29.2. The van der Waals surface area contributed by atoms with Gasteiger partial charge in [-0.2, -0.15) is 13.2 Å². The molecule has 3 aromatic rings. The Morgan fingerprint density at radius 1 is 1.05 bits per heavy atom. The summed E-state index contributed by atoms with van der Waals surface area (Å²) in [5.41, 5.74) is 3.99. The van der Waals surface area contributed by atoms with Gasteiger partial charge in [-0.15, -0.1) is 0 Å². The molecule has 1 aliphatic heterocycles. The van der Waals surface area contributed by atoms with Crippen LogP contribution in [0.3, 0.4) is 0 Å². The van der Waals surface area contributed by atoms with Crippen LogP contribution in [0.2, 0.25) is 0 Å². The lowest BCUT2D eigenvalue weighted by molar-refractivity contribution is -0.191. The van der Waals surface area contributed by atoms with Gasteiger partial charge in [-0.05, 0) is 75.3 Å². The second kappa shape index (κ2) is 11.2. The third-order valence-corrected chi connectivity index (χ3v) is 10.2. The molecule has 12 heteroatoms. The Morgan fingerprint density at radius 3 is 2.29 bits per heavy atom. The molecule has 1 aliphatic carbocycles. The van der Waals surface area contributed by atoms with E-state index < -0.39 is 39.3 Å². The Labute approximate surface area is 238 Å². The fourth-order valence-electron chi connectivity index (χ4n) is 5.53. The molecule has 2 fully saturated rings. The number of halogens is 3. The molecule has 1 amide bonds. The maximum Gasteiger partial charge on any atom is 0.413 e. The molecule has 0 radical (unpaired) electrons. The molecular weight excluding hydrogens is 555 g/mol. The fraction of sp³-hybridized carbons (Fsp3) is 0.483. The monoisotopic (exact) mass is 589 g/mol. The van der Waals surface area contributed by atoms with Gasteiger partial charge >= 0.3 is 6.18 Å². The van der Waals surface area contributed by atoms with Crippen molar-refractivity contribution in [2.45, 2.75) is 62.9 Å². The third-order valence-electron chi connectivity index (χ3n) is 7.96. The first-order valence-electron chi connectivity index (χ1n) is 13.8. The summed E-state index contributed by atoms with van der Waals surface area (Å²) in [7, 11) is -2.31. The Hall–Kier alpha value is -3.25. The van der Waals surface area contributed by atoms with Gasteiger partial charge in [-0.1, -0.05) is 12.1 Å². The molecule has 2 aromatic heterocycles. The smallest absolute Gasteiger partial charge is 0.354 e. The van der Waals surface area contributed by atoms with Crippen LogP contribution < -0.4 is 5.32 Å². The minimum absolute atomic E-state index is 0.0561. The highest BCUT2D eigenvalue weighted by Crippen LogP contribution is 2.46. The Kier molecular flexibility index (Phi) is 7.99. The van der Waals surface area contributed by atoms with Crippen LogP contribution in [0.4, 0.5) is 24.5 Å². The average Bonchev–Trinajstić information content (AvgIpc) is 3.78. The molecule has 1 N–H and O–H groups in total. The SMILES string of the molecule is CC(C)S(=O)(=O)N1CCC(C(=O)N(C)[C@@H](c2ccc(Nc3cnc4cccnc4c3C3CC3)cc2)C(F)(F)F)CC1. The normalized spacial score (nSPS) is 18.0. The van der Waals surface area contributed by atoms with Gasteiger partial charge in [0.05, 0.1) is 28.2 Å². The Balaban J connectivity index is 1.32. The average molecular weight is 590 g/mol. The van der Waals surface area contributed by atoms with E-state index in [-0.39, 0.29) is 31.5 Å². The quantitative estimate of drug-likeness (QED) is 0.359. The van der Waals surface area contributed by atoms with Crippen molar-refractivity contribution in [2.24, 2.45) is 5.92 Å². The van der Waals surface area contributed by atoms with Gasteiger partial charge in [-0.3, -0.25) is 14.8 Å². The Morgan fingerprint density at radius 2 is 1.71 bits per heavy atom. The van der Waals surface area contributed by atoms with Crippen LogP contribution in [-0.2, 0) is 14.8 Å². The van der Waals surface area contributed by atoms with Crippen molar-refractivity contribution in [3.05, 3.63) is 59.9 Å². The molecule has 0 unspecified atom stereocenters. The van der Waals surface area contributed by atoms with E-state index in [1.165, 1.54) is 23.5 Å². The number of pyridine rings is 2. The first-order valence-corrected chi connectivity index (χ1v) is 15.3. The number of sulfonamides is 1. The summed E-state index contributed by atoms with van der Waals surface area (Å²) >= 11 is 0. The number of hydrogen-bond acceptors (Lipinski definition) is 6. The van der Waals surface area contributed by atoms with Gasteiger partial charge in [-0.25, -0.2) is 12.7 Å². The number of nitrogens with one attached hydrogen (secondary N) is 1. The van der Waals surface area contributed by atoms with E-state index in [1.54, 1.807) is 38.4 Å². The lowest BCUT2D eigenvalue weighted by atomic mass is 9.95. The number of nitrogens with zero attached hydrogens (tertiary/aromatic N) is 4. The number of aromatic nitrogens is 2. The molecule has 3 heterocycles. The van der Waals surface area contributed by atoms with Gasteiger partial charge in [0.25, 0.3) is 0 Å². The number of benzene rings is 1. The minimum atomic E-state index is -4.70. The van der Waals surface area contributed by atoms with Gasteiger partial charge in [0.1, 0.15) is 0 Å². The molecule has 1 saturated heterocycles. The topological polar surface area (TPSA) is 95.5 Å². The molecule has 0 spiro atoms. The largest absolute Gasteiger partial charge is 0.413 e. The predicted molar refractivity (Wildman–Crippen MR) is 151 cm³/mol. The second-order valence-electron chi connectivity index (χ2n) is 11.1. The predicted octanol–water partition coefficient (Wildman–Crippen LogP) is 5.76. The van der Waals surface area contributed by atoms with Crippen molar-refractivity contribution < 1.29 is 26.4 Å². The maximum absolute atomic E-state index is 14.3. The van der Waals surface area contributed by atoms with Crippen LogP contribution in [0.25, 0.3) is 11.0 Å². The summed E-state index contributed by atoms with van der Waals surface area (Å²) in [6.45, 7) is 3.39. The molecule has 1 saturated carbocycles. The molecule has 220 valence electrons. The van der Waals surface area contributed by atoms with Crippen LogP contribution in [-0.4, -0.2) is 65.1 Å². The number of carbonyl (C=O) groups is 1. The number of hydrogen-bond donors (Lipinski definition) is 1. The number of fused-ring (bicyclic) bond motifs is 1. The van der Waals surface area contributed by atoms with Crippen molar-refractivity contribution in [1.82, 2.24) is 19.2 Å². The molecule has 5 rings (SSSR count). The molecule has 1 aromatic carbocycles. The lowest BCUT2D eigenvalue weighted by Gasteiger charge is -2.36.